The smallest absolute Gasteiger partial charge is 0.121 e. The van der Waals surface area contributed by atoms with Crippen LogP contribution in [0.2, 0.25) is 0 Å². The molecule has 49 heavy (non-hydrogen) atoms. The molecule has 0 unspecified atom stereocenters. The molecular weight excluding hydrogens is 777 g/mol. The minimum atomic E-state index is -2.18. The van der Waals surface area contributed by atoms with Gasteiger partial charge >= 0.3 is 0 Å². The fraction of sp³-hybridized carbons (Fsp3) is 0.156. The van der Waals surface area contributed by atoms with Crippen LogP contribution in [0, 0.1) is 31.3 Å². The van der Waals surface area contributed by atoms with Crippen molar-refractivity contribution >= 4 is 32.7 Å². The summed E-state index contributed by atoms with van der Waals surface area (Å²) < 4.78 is 67.1. The molecule has 8 rings (SSSR count). The number of hydrogen-bond acceptors (Lipinski definition) is 3. The predicted octanol–water partition coefficient (Wildman–Crippen LogP) is 12.0. The first-order valence-corrected chi connectivity index (χ1v) is 15.7. The van der Waals surface area contributed by atoms with Gasteiger partial charge in [0.25, 0.3) is 0 Å². The standard InChI is InChI=1S/C32H26NO.C13H12N.Ir/c1-32(2,3)20-21-11-13-22(14-12-21)24-17-18-33-28(19-24)26-9-6-10-27-30-25-8-5-4-7-23(25)15-16-29(30)34-31(26)27;1-10-3-6-12(7-4-10)13-8-5-11(2)9-14-13;/h4-8,10-19H,20H2,1-3H3;3-6,8-9H,1-2H3;/q2*-1;/i20D2;1D3,2D3;. The Morgan fingerprint density at radius 2 is 1.57 bits per heavy atom. The van der Waals surface area contributed by atoms with Crippen LogP contribution in [-0.2, 0) is 26.5 Å². The van der Waals surface area contributed by atoms with Gasteiger partial charge in [-0.25, -0.2) is 0 Å². The molecule has 0 aliphatic heterocycles. The minimum absolute atomic E-state index is 0. The number of hydrogen-bond donors (Lipinski definition) is 0. The van der Waals surface area contributed by atoms with E-state index in [1.165, 1.54) is 35.2 Å². The Balaban J connectivity index is 0.000000223. The number of pyridine rings is 2. The maximum atomic E-state index is 8.56. The van der Waals surface area contributed by atoms with E-state index in [0.717, 1.165) is 44.3 Å². The molecule has 0 fully saturated rings. The van der Waals surface area contributed by atoms with Gasteiger partial charge in [-0.05, 0) is 75.2 Å². The first-order valence-electron chi connectivity index (χ1n) is 19.7. The molecule has 3 nitrogen and oxygen atoms in total. The van der Waals surface area contributed by atoms with Crippen molar-refractivity contribution in [1.29, 1.82) is 0 Å². The number of aryl methyl sites for hydroxylation is 2. The zero-order valence-corrected chi connectivity index (χ0v) is 29.7. The van der Waals surface area contributed by atoms with Crippen molar-refractivity contribution in [2.75, 3.05) is 0 Å². The number of benzene rings is 5. The zero-order chi connectivity index (χ0) is 40.0. The van der Waals surface area contributed by atoms with Crippen molar-refractivity contribution < 1.29 is 35.5 Å². The molecule has 0 N–H and O–H groups in total. The van der Waals surface area contributed by atoms with Gasteiger partial charge in [-0.1, -0.05) is 111 Å². The van der Waals surface area contributed by atoms with Gasteiger partial charge in [0.05, 0.1) is 5.58 Å². The van der Waals surface area contributed by atoms with Gasteiger partial charge in [-0.3, -0.25) is 0 Å². The zero-order valence-electron chi connectivity index (χ0n) is 35.3. The van der Waals surface area contributed by atoms with E-state index in [1.807, 2.05) is 69.3 Å². The molecule has 3 heterocycles. The second-order valence-corrected chi connectivity index (χ2v) is 12.7. The summed E-state index contributed by atoms with van der Waals surface area (Å²) in [5.74, 6) is 0. The van der Waals surface area contributed by atoms with Crippen LogP contribution in [0.4, 0.5) is 0 Å². The van der Waals surface area contributed by atoms with E-state index in [1.54, 1.807) is 18.3 Å². The number of furan rings is 1. The SMILES string of the molecule is [2H]C([2H])([2H])c1c[c-]c(-c2ccc(C([2H])([2H])[2H])cn2)cc1.[2H]C([2H])(c1ccc(-c2ccnc(-c3[c-]ccc4c3oc3ccc5ccccc5c34)c2)cc1)C(C)(C)C.[Ir]. The summed E-state index contributed by atoms with van der Waals surface area (Å²) in [7, 11) is 0. The Hall–Kier alpha value is -4.89. The van der Waals surface area contributed by atoms with Crippen molar-refractivity contribution in [3.8, 4) is 33.6 Å². The maximum Gasteiger partial charge on any atom is 0.121 e. The molecule has 0 atom stereocenters. The second kappa shape index (κ2) is 14.3. The van der Waals surface area contributed by atoms with E-state index >= 15 is 0 Å². The van der Waals surface area contributed by atoms with E-state index in [0.29, 0.717) is 16.8 Å². The van der Waals surface area contributed by atoms with Crippen LogP contribution < -0.4 is 0 Å². The van der Waals surface area contributed by atoms with Gasteiger partial charge in [0.1, 0.15) is 5.58 Å². The summed E-state index contributed by atoms with van der Waals surface area (Å²) >= 11 is 0. The van der Waals surface area contributed by atoms with Crippen molar-refractivity contribution in [2.24, 2.45) is 5.41 Å². The van der Waals surface area contributed by atoms with Crippen molar-refractivity contribution in [1.82, 2.24) is 9.97 Å². The van der Waals surface area contributed by atoms with Crippen molar-refractivity contribution in [3.05, 3.63) is 156 Å². The summed E-state index contributed by atoms with van der Waals surface area (Å²) in [6.45, 7) is 1.43. The Bertz CT molecular complexity index is 2610. The molecule has 5 aromatic carbocycles. The predicted molar refractivity (Wildman–Crippen MR) is 200 cm³/mol. The molecular formula is C45H38IrN2O-2. The molecule has 0 aliphatic rings. The third kappa shape index (κ3) is 7.57. The maximum absolute atomic E-state index is 8.56. The van der Waals surface area contributed by atoms with Crippen molar-refractivity contribution in [3.63, 3.8) is 0 Å². The van der Waals surface area contributed by atoms with Gasteiger partial charge in [-0.2, -0.15) is 0 Å². The number of nitrogens with zero attached hydrogens (tertiary/aromatic N) is 2. The van der Waals surface area contributed by atoms with E-state index in [4.69, 9.17) is 15.4 Å². The van der Waals surface area contributed by atoms with Crippen LogP contribution in [-0.4, -0.2) is 9.97 Å². The molecule has 0 saturated carbocycles. The first-order chi connectivity index (χ1) is 26.4. The Kier molecular flexibility index (Phi) is 7.34. The van der Waals surface area contributed by atoms with Gasteiger partial charge in [0.15, 0.2) is 0 Å². The molecule has 0 spiro atoms. The average molecular weight is 823 g/mol. The average Bonchev–Trinajstić information content (AvgIpc) is 3.57. The van der Waals surface area contributed by atoms with Crippen LogP contribution in [0.5, 0.6) is 0 Å². The second-order valence-electron chi connectivity index (χ2n) is 12.7. The van der Waals surface area contributed by atoms with E-state index < -0.39 is 25.5 Å². The summed E-state index contributed by atoms with van der Waals surface area (Å²) in [6.07, 6.45) is 1.68. The fourth-order valence-corrected chi connectivity index (χ4v) is 5.76. The largest absolute Gasteiger partial charge is 0.501 e. The summed E-state index contributed by atoms with van der Waals surface area (Å²) in [5.41, 5.74) is 7.00. The monoisotopic (exact) mass is 823 g/mol. The third-order valence-electron chi connectivity index (χ3n) is 7.93. The minimum Gasteiger partial charge on any atom is -0.501 e. The number of fused-ring (bicyclic) bond motifs is 5. The van der Waals surface area contributed by atoms with Crippen LogP contribution in [0.1, 0.15) is 48.4 Å². The van der Waals surface area contributed by atoms with E-state index in [9.17, 15) is 0 Å². The van der Waals surface area contributed by atoms with Crippen LogP contribution in [0.15, 0.2) is 132 Å². The Morgan fingerprint density at radius 3 is 2.31 bits per heavy atom. The topological polar surface area (TPSA) is 38.9 Å². The molecule has 8 aromatic rings. The molecule has 0 aliphatic carbocycles. The summed E-state index contributed by atoms with van der Waals surface area (Å²) in [6, 6.07) is 42.0. The molecule has 0 bridgehead atoms. The van der Waals surface area contributed by atoms with E-state index in [-0.39, 0.29) is 31.2 Å². The van der Waals surface area contributed by atoms with Gasteiger partial charge in [-0.15, -0.1) is 53.6 Å². The molecule has 0 amide bonds. The fourth-order valence-electron chi connectivity index (χ4n) is 5.76. The first kappa shape index (κ1) is 25.1. The molecule has 1 radical (unpaired) electrons. The van der Waals surface area contributed by atoms with E-state index in [2.05, 4.69) is 58.5 Å². The Morgan fingerprint density at radius 1 is 0.755 bits per heavy atom. The van der Waals surface area contributed by atoms with Crippen LogP contribution in [0.3, 0.4) is 0 Å². The number of rotatable bonds is 4. The molecule has 3 aromatic heterocycles. The molecule has 245 valence electrons. The molecule has 4 heteroatoms. The molecule has 0 saturated heterocycles. The van der Waals surface area contributed by atoms with Gasteiger partial charge in [0.2, 0.25) is 0 Å². The number of aromatic nitrogens is 2. The van der Waals surface area contributed by atoms with Gasteiger partial charge < -0.3 is 14.4 Å². The summed E-state index contributed by atoms with van der Waals surface area (Å²) in [4.78, 5) is 8.73. The third-order valence-corrected chi connectivity index (χ3v) is 7.93. The van der Waals surface area contributed by atoms with Crippen LogP contribution in [0.25, 0.3) is 66.4 Å². The van der Waals surface area contributed by atoms with Crippen LogP contribution >= 0.6 is 0 Å². The van der Waals surface area contributed by atoms with Crippen molar-refractivity contribution in [2.45, 2.75) is 40.8 Å². The van der Waals surface area contributed by atoms with Gasteiger partial charge in [0, 0.05) is 48.9 Å². The normalized spacial score (nSPS) is 14.5. The Labute approximate surface area is 313 Å². The summed E-state index contributed by atoms with van der Waals surface area (Å²) in [5, 5.41) is 4.51. The quantitative estimate of drug-likeness (QED) is 0.166.